The molecule has 0 amide bonds. The minimum absolute atomic E-state index is 0.276. The maximum absolute atomic E-state index is 12.0. The van der Waals surface area contributed by atoms with Gasteiger partial charge in [-0.05, 0) is 6.92 Å². The normalized spacial score (nSPS) is 10.7. The van der Waals surface area contributed by atoms with Crippen molar-refractivity contribution in [2.45, 2.75) is 13.5 Å². The first-order valence-corrected chi connectivity index (χ1v) is 4.89. The Balaban J connectivity index is 2.71. The minimum Gasteiger partial charge on any atom is -0.480 e. The molecule has 8 heteroatoms. The number of aliphatic carboxylic acids is 1. The van der Waals surface area contributed by atoms with Crippen LogP contribution in [0.2, 0.25) is 0 Å². The van der Waals surface area contributed by atoms with Gasteiger partial charge in [-0.3, -0.25) is 14.2 Å². The number of hydrogen-bond donors (Lipinski definition) is 2. The first kappa shape index (κ1) is 11.1. The van der Waals surface area contributed by atoms with Crippen molar-refractivity contribution in [3.8, 4) is 0 Å². The van der Waals surface area contributed by atoms with Gasteiger partial charge in [0.15, 0.2) is 5.52 Å². The van der Waals surface area contributed by atoms with Crippen LogP contribution in [0.25, 0.3) is 5.52 Å². The average Bonchev–Trinajstić information content (AvgIpc) is 2.59. The van der Waals surface area contributed by atoms with Gasteiger partial charge < -0.3 is 10.4 Å². The number of carboxylic acids is 1. The molecule has 0 aromatic carbocycles. The van der Waals surface area contributed by atoms with Crippen LogP contribution in [-0.2, 0) is 11.3 Å². The van der Waals surface area contributed by atoms with Gasteiger partial charge in [-0.15, -0.1) is 0 Å². The molecule has 2 N–H and O–H groups in total. The van der Waals surface area contributed by atoms with Crippen LogP contribution in [0, 0.1) is 6.92 Å². The topological polar surface area (TPSA) is 102 Å². The fourth-order valence-corrected chi connectivity index (χ4v) is 1.60. The van der Waals surface area contributed by atoms with Gasteiger partial charge >= 0.3 is 5.97 Å². The Morgan fingerprint density at radius 1 is 1.59 bits per heavy atom. The zero-order valence-corrected chi connectivity index (χ0v) is 9.34. The van der Waals surface area contributed by atoms with E-state index in [-0.39, 0.29) is 5.52 Å². The monoisotopic (exact) mass is 237 g/mol. The summed E-state index contributed by atoms with van der Waals surface area (Å²) in [5.74, 6) is -0.652. The second-order valence-electron chi connectivity index (χ2n) is 3.49. The Morgan fingerprint density at radius 3 is 2.88 bits per heavy atom. The summed E-state index contributed by atoms with van der Waals surface area (Å²) in [6.07, 6.45) is 1.19. The largest absolute Gasteiger partial charge is 0.480 e. The van der Waals surface area contributed by atoms with Gasteiger partial charge in [0.05, 0.1) is 5.69 Å². The SMILES string of the molecule is CNc1nc(C)c2c(=O)n(CC(=O)O)cnn12. The number of nitrogens with zero attached hydrogens (tertiary/aromatic N) is 4. The Hall–Kier alpha value is -2.38. The number of rotatable bonds is 3. The van der Waals surface area contributed by atoms with Crippen molar-refractivity contribution in [1.82, 2.24) is 19.2 Å². The van der Waals surface area contributed by atoms with Gasteiger partial charge in [0.2, 0.25) is 5.95 Å². The van der Waals surface area contributed by atoms with Crippen molar-refractivity contribution in [2.24, 2.45) is 0 Å². The number of carbonyl (C=O) groups is 1. The summed E-state index contributed by atoms with van der Waals surface area (Å²) in [7, 11) is 1.67. The molecule has 0 unspecified atom stereocenters. The Kier molecular flexibility index (Phi) is 2.54. The van der Waals surface area contributed by atoms with E-state index in [1.165, 1.54) is 10.8 Å². The fraction of sp³-hybridized carbons (Fsp3) is 0.333. The van der Waals surface area contributed by atoms with E-state index in [2.05, 4.69) is 15.4 Å². The number of aryl methyl sites for hydroxylation is 1. The van der Waals surface area contributed by atoms with Crippen LogP contribution in [0.1, 0.15) is 5.69 Å². The standard InChI is InChI=1S/C9H11N5O3/c1-5-7-8(17)13(3-6(15)16)4-11-14(7)9(10-2)12-5/h4H,3H2,1-2H3,(H,10,12)(H,15,16). The third-order valence-electron chi connectivity index (χ3n) is 2.33. The molecule has 0 aliphatic rings. The molecule has 0 spiro atoms. The van der Waals surface area contributed by atoms with Crippen molar-refractivity contribution in [3.63, 3.8) is 0 Å². The van der Waals surface area contributed by atoms with Crippen molar-refractivity contribution >= 4 is 17.4 Å². The van der Waals surface area contributed by atoms with Crippen molar-refractivity contribution in [2.75, 3.05) is 12.4 Å². The molecule has 0 aliphatic heterocycles. The summed E-state index contributed by atoms with van der Waals surface area (Å²) in [5, 5.41) is 15.4. The number of hydrogen-bond acceptors (Lipinski definition) is 5. The fourth-order valence-electron chi connectivity index (χ4n) is 1.60. The average molecular weight is 237 g/mol. The van der Waals surface area contributed by atoms with Crippen LogP contribution in [0.5, 0.6) is 0 Å². The van der Waals surface area contributed by atoms with Gasteiger partial charge in [0.25, 0.3) is 5.56 Å². The Bertz CT molecular complexity index is 642. The zero-order valence-electron chi connectivity index (χ0n) is 9.34. The first-order chi connectivity index (χ1) is 8.04. The molecule has 8 nitrogen and oxygen atoms in total. The summed E-state index contributed by atoms with van der Waals surface area (Å²) < 4.78 is 2.39. The molecule has 0 aliphatic carbocycles. The molecule has 2 heterocycles. The predicted molar refractivity (Wildman–Crippen MR) is 59.2 cm³/mol. The van der Waals surface area contributed by atoms with Crippen molar-refractivity contribution in [3.05, 3.63) is 22.4 Å². The maximum Gasteiger partial charge on any atom is 0.323 e. The number of imidazole rings is 1. The number of anilines is 1. The molecular weight excluding hydrogens is 226 g/mol. The number of fused-ring (bicyclic) bond motifs is 1. The summed E-state index contributed by atoms with van der Waals surface area (Å²) in [6.45, 7) is 1.26. The van der Waals surface area contributed by atoms with Gasteiger partial charge in [-0.1, -0.05) is 0 Å². The molecule has 2 rings (SSSR count). The van der Waals surface area contributed by atoms with Gasteiger partial charge in [0, 0.05) is 7.05 Å². The number of nitrogens with one attached hydrogen (secondary N) is 1. The van der Waals surface area contributed by atoms with E-state index in [9.17, 15) is 9.59 Å². The predicted octanol–water partition coefficient (Wildman–Crippen LogP) is -0.674. The lowest BCUT2D eigenvalue weighted by atomic mass is 10.4. The summed E-state index contributed by atoms with van der Waals surface area (Å²) in [4.78, 5) is 26.7. The molecule has 0 fully saturated rings. The van der Waals surface area contributed by atoms with Crippen LogP contribution < -0.4 is 10.9 Å². The molecular formula is C9H11N5O3. The second kappa shape index (κ2) is 3.89. The van der Waals surface area contributed by atoms with E-state index in [1.807, 2.05) is 0 Å². The molecule has 90 valence electrons. The number of aromatic nitrogens is 4. The molecule has 2 aromatic rings. The maximum atomic E-state index is 12.0. The third-order valence-corrected chi connectivity index (χ3v) is 2.33. The highest BCUT2D eigenvalue weighted by Gasteiger charge is 2.14. The van der Waals surface area contributed by atoms with Crippen LogP contribution >= 0.6 is 0 Å². The Morgan fingerprint density at radius 2 is 2.29 bits per heavy atom. The molecule has 17 heavy (non-hydrogen) atoms. The van der Waals surface area contributed by atoms with Crippen LogP contribution in [0.15, 0.2) is 11.1 Å². The second-order valence-corrected chi connectivity index (χ2v) is 3.49. The number of carboxylic acid groups (broad SMARTS) is 1. The molecule has 0 atom stereocenters. The smallest absolute Gasteiger partial charge is 0.323 e. The van der Waals surface area contributed by atoms with Crippen LogP contribution in [0.3, 0.4) is 0 Å². The first-order valence-electron chi connectivity index (χ1n) is 4.89. The van der Waals surface area contributed by atoms with Crippen molar-refractivity contribution < 1.29 is 9.90 Å². The highest BCUT2D eigenvalue weighted by atomic mass is 16.4. The highest BCUT2D eigenvalue weighted by molar-refractivity contribution is 5.66. The lowest BCUT2D eigenvalue weighted by Gasteiger charge is -2.02. The molecule has 0 saturated carbocycles. The van der Waals surface area contributed by atoms with Crippen LogP contribution in [0.4, 0.5) is 5.95 Å². The lowest BCUT2D eigenvalue weighted by molar-refractivity contribution is -0.137. The van der Waals surface area contributed by atoms with E-state index in [0.717, 1.165) is 4.57 Å². The molecule has 0 radical (unpaired) electrons. The molecule has 2 aromatic heterocycles. The van der Waals surface area contributed by atoms with Crippen LogP contribution in [-0.4, -0.2) is 37.3 Å². The van der Waals surface area contributed by atoms with Crippen molar-refractivity contribution in [1.29, 1.82) is 0 Å². The molecule has 0 saturated heterocycles. The van der Waals surface area contributed by atoms with Gasteiger partial charge in [-0.2, -0.15) is 9.61 Å². The quantitative estimate of drug-likeness (QED) is 0.733. The third kappa shape index (κ3) is 1.73. The van der Waals surface area contributed by atoms with E-state index in [0.29, 0.717) is 11.6 Å². The highest BCUT2D eigenvalue weighted by Crippen LogP contribution is 2.09. The van der Waals surface area contributed by atoms with Gasteiger partial charge in [-0.25, -0.2) is 4.98 Å². The van der Waals surface area contributed by atoms with E-state index < -0.39 is 18.1 Å². The summed E-state index contributed by atoms with van der Waals surface area (Å²) >= 11 is 0. The summed E-state index contributed by atoms with van der Waals surface area (Å²) in [6, 6.07) is 0. The minimum atomic E-state index is -1.09. The lowest BCUT2D eigenvalue weighted by Crippen LogP contribution is -2.26. The molecule has 0 bridgehead atoms. The summed E-state index contributed by atoms with van der Waals surface area (Å²) in [5.41, 5.74) is 0.360. The zero-order chi connectivity index (χ0) is 12.6. The van der Waals surface area contributed by atoms with E-state index in [1.54, 1.807) is 14.0 Å². The van der Waals surface area contributed by atoms with E-state index in [4.69, 9.17) is 5.11 Å². The Labute approximate surface area is 95.5 Å². The van der Waals surface area contributed by atoms with E-state index >= 15 is 0 Å². The van der Waals surface area contributed by atoms with Gasteiger partial charge in [0.1, 0.15) is 12.9 Å².